The zero-order chi connectivity index (χ0) is 11.8. The van der Waals surface area contributed by atoms with E-state index in [1.807, 2.05) is 0 Å². The number of hydrogen-bond donors (Lipinski definition) is 1. The van der Waals surface area contributed by atoms with Gasteiger partial charge in [-0.3, -0.25) is 0 Å². The van der Waals surface area contributed by atoms with Crippen LogP contribution in [0.2, 0.25) is 0 Å². The Hall–Kier alpha value is -1.10. The van der Waals surface area contributed by atoms with E-state index in [2.05, 4.69) is 0 Å². The van der Waals surface area contributed by atoms with E-state index in [0.717, 1.165) is 6.07 Å². The van der Waals surface area contributed by atoms with Gasteiger partial charge in [0.15, 0.2) is 0 Å². The smallest absolute Gasteiger partial charge is 0.389 e. The highest BCUT2D eigenvalue weighted by atomic mass is 19.4. The van der Waals surface area contributed by atoms with Gasteiger partial charge in [0, 0.05) is 5.56 Å². The molecule has 0 aliphatic carbocycles. The van der Waals surface area contributed by atoms with Gasteiger partial charge in [0.05, 0.1) is 11.7 Å². The quantitative estimate of drug-likeness (QED) is 0.723. The SMILES string of the molecule is Cc1cc(C(F)(F)F)cc(C(C)O)c1F. The second kappa shape index (κ2) is 3.81. The normalized spacial score (nSPS) is 14.1. The molecule has 1 aromatic rings. The van der Waals surface area contributed by atoms with Gasteiger partial charge < -0.3 is 5.11 Å². The molecule has 1 atom stereocenters. The lowest BCUT2D eigenvalue weighted by molar-refractivity contribution is -0.137. The molecule has 1 N–H and O–H groups in total. The second-order valence-corrected chi connectivity index (χ2v) is 3.37. The number of aryl methyl sites for hydroxylation is 1. The van der Waals surface area contributed by atoms with Gasteiger partial charge in [-0.25, -0.2) is 4.39 Å². The number of rotatable bonds is 1. The van der Waals surface area contributed by atoms with Gasteiger partial charge in [0.1, 0.15) is 5.82 Å². The van der Waals surface area contributed by atoms with E-state index in [0.29, 0.717) is 6.07 Å². The fourth-order valence-electron chi connectivity index (χ4n) is 1.26. The van der Waals surface area contributed by atoms with Crippen molar-refractivity contribution in [2.24, 2.45) is 0 Å². The van der Waals surface area contributed by atoms with Crippen molar-refractivity contribution in [1.29, 1.82) is 0 Å². The molecule has 84 valence electrons. The maximum atomic E-state index is 13.3. The predicted octanol–water partition coefficient (Wildman–Crippen LogP) is 3.21. The summed E-state index contributed by atoms with van der Waals surface area (Å²) < 4.78 is 50.3. The van der Waals surface area contributed by atoms with Crippen LogP contribution in [0.3, 0.4) is 0 Å². The van der Waals surface area contributed by atoms with E-state index < -0.39 is 23.7 Å². The topological polar surface area (TPSA) is 20.2 Å². The first-order valence-corrected chi connectivity index (χ1v) is 4.28. The number of halogens is 4. The van der Waals surface area contributed by atoms with Crippen LogP contribution in [0.4, 0.5) is 17.6 Å². The van der Waals surface area contributed by atoms with Gasteiger partial charge in [-0.15, -0.1) is 0 Å². The molecule has 1 aromatic carbocycles. The van der Waals surface area contributed by atoms with Crippen molar-refractivity contribution in [3.63, 3.8) is 0 Å². The first kappa shape index (κ1) is 12.0. The van der Waals surface area contributed by atoms with Crippen molar-refractivity contribution in [3.8, 4) is 0 Å². The lowest BCUT2D eigenvalue weighted by atomic mass is 10.0. The molecule has 1 nitrogen and oxygen atoms in total. The van der Waals surface area contributed by atoms with Crippen LogP contribution >= 0.6 is 0 Å². The monoisotopic (exact) mass is 222 g/mol. The molecule has 1 unspecified atom stereocenters. The van der Waals surface area contributed by atoms with Gasteiger partial charge in [0.25, 0.3) is 0 Å². The summed E-state index contributed by atoms with van der Waals surface area (Å²) in [5.74, 6) is -0.794. The Bertz CT molecular complexity index is 368. The van der Waals surface area contributed by atoms with Crippen molar-refractivity contribution >= 4 is 0 Å². The molecule has 0 bridgehead atoms. The Morgan fingerprint density at radius 2 is 1.80 bits per heavy atom. The van der Waals surface area contributed by atoms with E-state index in [9.17, 15) is 17.6 Å². The maximum absolute atomic E-state index is 13.3. The minimum Gasteiger partial charge on any atom is -0.389 e. The van der Waals surface area contributed by atoms with Gasteiger partial charge in [0.2, 0.25) is 0 Å². The van der Waals surface area contributed by atoms with E-state index in [1.54, 1.807) is 0 Å². The lowest BCUT2D eigenvalue weighted by Crippen LogP contribution is -2.09. The summed E-state index contributed by atoms with van der Waals surface area (Å²) in [6.45, 7) is 2.45. The van der Waals surface area contributed by atoms with Crippen LogP contribution in [-0.2, 0) is 6.18 Å². The summed E-state index contributed by atoms with van der Waals surface area (Å²) in [6.07, 6.45) is -5.78. The summed E-state index contributed by atoms with van der Waals surface area (Å²) in [4.78, 5) is 0. The molecule has 0 aliphatic rings. The Kier molecular flexibility index (Phi) is 3.04. The lowest BCUT2D eigenvalue weighted by Gasteiger charge is -2.13. The average Bonchev–Trinajstić information content (AvgIpc) is 2.06. The minimum atomic E-state index is -4.53. The largest absolute Gasteiger partial charge is 0.416 e. The summed E-state index contributed by atoms with van der Waals surface area (Å²) in [6, 6.07) is 1.36. The molecule has 0 saturated carbocycles. The van der Waals surface area contributed by atoms with Crippen molar-refractivity contribution in [2.75, 3.05) is 0 Å². The van der Waals surface area contributed by atoms with Crippen LogP contribution in [0.25, 0.3) is 0 Å². The Balaban J connectivity index is 3.36. The van der Waals surface area contributed by atoms with Crippen molar-refractivity contribution < 1.29 is 22.7 Å². The molecule has 1 rings (SSSR count). The summed E-state index contributed by atoms with van der Waals surface area (Å²) in [5.41, 5.74) is -1.40. The van der Waals surface area contributed by atoms with E-state index in [-0.39, 0.29) is 11.1 Å². The van der Waals surface area contributed by atoms with Crippen LogP contribution in [0, 0.1) is 12.7 Å². The Morgan fingerprint density at radius 1 is 1.27 bits per heavy atom. The number of aliphatic hydroxyl groups is 1. The first-order chi connectivity index (χ1) is 6.73. The molecule has 0 amide bonds. The molecule has 0 radical (unpaired) electrons. The second-order valence-electron chi connectivity index (χ2n) is 3.37. The van der Waals surface area contributed by atoms with E-state index >= 15 is 0 Å². The van der Waals surface area contributed by atoms with Crippen LogP contribution in [0.15, 0.2) is 12.1 Å². The summed E-state index contributed by atoms with van der Waals surface area (Å²) >= 11 is 0. The molecular formula is C10H10F4O. The van der Waals surface area contributed by atoms with Crippen molar-refractivity contribution in [2.45, 2.75) is 26.1 Å². The minimum absolute atomic E-state index is 0.124. The van der Waals surface area contributed by atoms with Gasteiger partial charge in [-0.05, 0) is 31.5 Å². The highest BCUT2D eigenvalue weighted by molar-refractivity contribution is 5.33. The maximum Gasteiger partial charge on any atom is 0.416 e. The number of aliphatic hydroxyl groups excluding tert-OH is 1. The van der Waals surface area contributed by atoms with Crippen LogP contribution in [-0.4, -0.2) is 5.11 Å². The predicted molar refractivity (Wildman–Crippen MR) is 46.8 cm³/mol. The van der Waals surface area contributed by atoms with Crippen LogP contribution < -0.4 is 0 Å². The summed E-state index contributed by atoms with van der Waals surface area (Å²) in [5, 5.41) is 9.11. The zero-order valence-corrected chi connectivity index (χ0v) is 8.19. The molecule has 0 aliphatic heterocycles. The standard InChI is InChI=1S/C10H10F4O/c1-5-3-7(10(12,13)14)4-8(6(2)15)9(5)11/h3-4,6,15H,1-2H3. The molecule has 0 heterocycles. The molecule has 0 aromatic heterocycles. The number of hydrogen-bond acceptors (Lipinski definition) is 1. The van der Waals surface area contributed by atoms with Gasteiger partial charge in [-0.1, -0.05) is 0 Å². The molecule has 0 fully saturated rings. The Morgan fingerprint density at radius 3 is 2.20 bits per heavy atom. The highest BCUT2D eigenvalue weighted by Gasteiger charge is 2.32. The van der Waals surface area contributed by atoms with Crippen molar-refractivity contribution in [1.82, 2.24) is 0 Å². The van der Waals surface area contributed by atoms with Gasteiger partial charge in [-0.2, -0.15) is 13.2 Å². The third-order valence-corrected chi connectivity index (χ3v) is 2.06. The third kappa shape index (κ3) is 2.47. The molecule has 15 heavy (non-hydrogen) atoms. The third-order valence-electron chi connectivity index (χ3n) is 2.06. The molecule has 5 heteroatoms. The molecule has 0 saturated heterocycles. The van der Waals surface area contributed by atoms with Crippen LogP contribution in [0.5, 0.6) is 0 Å². The number of benzene rings is 1. The Labute approximate surface area is 84.3 Å². The number of alkyl halides is 3. The van der Waals surface area contributed by atoms with E-state index in [1.165, 1.54) is 13.8 Å². The first-order valence-electron chi connectivity index (χ1n) is 4.28. The average molecular weight is 222 g/mol. The van der Waals surface area contributed by atoms with Crippen LogP contribution in [0.1, 0.15) is 29.7 Å². The van der Waals surface area contributed by atoms with Crippen molar-refractivity contribution in [3.05, 3.63) is 34.6 Å². The molecule has 0 spiro atoms. The fraction of sp³-hybridized carbons (Fsp3) is 0.400. The molecular weight excluding hydrogens is 212 g/mol. The fourth-order valence-corrected chi connectivity index (χ4v) is 1.26. The zero-order valence-electron chi connectivity index (χ0n) is 8.19. The van der Waals surface area contributed by atoms with Gasteiger partial charge >= 0.3 is 6.18 Å². The highest BCUT2D eigenvalue weighted by Crippen LogP contribution is 2.33. The van der Waals surface area contributed by atoms with E-state index in [4.69, 9.17) is 5.11 Å². The summed E-state index contributed by atoms with van der Waals surface area (Å²) in [7, 11) is 0.